The summed E-state index contributed by atoms with van der Waals surface area (Å²) in [7, 11) is 0. The minimum Gasteiger partial charge on any atom is -0.490 e. The molecule has 0 saturated heterocycles. The van der Waals surface area contributed by atoms with Crippen LogP contribution >= 0.6 is 15.9 Å². The molecule has 0 bridgehead atoms. The van der Waals surface area contributed by atoms with Crippen molar-refractivity contribution in [1.82, 2.24) is 5.32 Å². The van der Waals surface area contributed by atoms with E-state index in [9.17, 15) is 9.90 Å². The quantitative estimate of drug-likeness (QED) is 0.827. The highest BCUT2D eigenvalue weighted by Crippen LogP contribution is 2.23. The second-order valence-corrected chi connectivity index (χ2v) is 4.39. The third-order valence-electron chi connectivity index (χ3n) is 2.04. The number of carbonyl (C=O) groups is 1. The number of para-hydroxylation sites is 1. The van der Waals surface area contributed by atoms with Crippen molar-refractivity contribution in [3.8, 4) is 11.8 Å². The smallest absolute Gasteiger partial charge is 0.234 e. The maximum absolute atomic E-state index is 11.0. The average molecular weight is 313 g/mol. The van der Waals surface area contributed by atoms with E-state index in [1.807, 2.05) is 18.2 Å². The molecule has 0 fully saturated rings. The second kappa shape index (κ2) is 7.69. The summed E-state index contributed by atoms with van der Waals surface area (Å²) >= 11 is 3.32. The van der Waals surface area contributed by atoms with Crippen molar-refractivity contribution in [3.63, 3.8) is 0 Å². The summed E-state index contributed by atoms with van der Waals surface area (Å²) in [6, 6.07) is 9.00. The number of rotatable bonds is 6. The number of benzene rings is 1. The Morgan fingerprint density at radius 2 is 2.28 bits per heavy atom. The van der Waals surface area contributed by atoms with E-state index in [0.29, 0.717) is 5.75 Å². The first kappa shape index (κ1) is 14.5. The lowest BCUT2D eigenvalue weighted by atomic mass is 10.3. The van der Waals surface area contributed by atoms with Crippen LogP contribution in [0.2, 0.25) is 0 Å². The number of hydrogen-bond acceptors (Lipinski definition) is 4. The Bertz CT molecular complexity index is 445. The second-order valence-electron chi connectivity index (χ2n) is 3.53. The molecule has 0 heterocycles. The average Bonchev–Trinajstić information content (AvgIpc) is 2.36. The molecule has 96 valence electrons. The van der Waals surface area contributed by atoms with E-state index in [1.165, 1.54) is 0 Å². The first-order chi connectivity index (χ1) is 8.63. The van der Waals surface area contributed by atoms with Gasteiger partial charge in [-0.3, -0.25) is 4.79 Å². The van der Waals surface area contributed by atoms with Crippen LogP contribution in [-0.4, -0.2) is 30.3 Å². The predicted octanol–water partition coefficient (Wildman–Crippen LogP) is 1.22. The van der Waals surface area contributed by atoms with Gasteiger partial charge >= 0.3 is 0 Å². The lowest BCUT2D eigenvalue weighted by Gasteiger charge is -2.13. The topological polar surface area (TPSA) is 82.4 Å². The van der Waals surface area contributed by atoms with E-state index in [-0.39, 0.29) is 19.6 Å². The van der Waals surface area contributed by atoms with Gasteiger partial charge in [0.2, 0.25) is 5.91 Å². The molecule has 1 aromatic carbocycles. The van der Waals surface area contributed by atoms with Crippen LogP contribution < -0.4 is 10.1 Å². The van der Waals surface area contributed by atoms with Crippen molar-refractivity contribution >= 4 is 21.8 Å². The number of nitrogens with zero attached hydrogens (tertiary/aromatic N) is 1. The highest BCUT2D eigenvalue weighted by Gasteiger charge is 2.08. The first-order valence-electron chi connectivity index (χ1n) is 5.32. The molecule has 2 N–H and O–H groups in total. The zero-order chi connectivity index (χ0) is 13.4. The molecule has 0 aliphatic carbocycles. The Kier molecular flexibility index (Phi) is 6.19. The van der Waals surface area contributed by atoms with Crippen molar-refractivity contribution in [2.45, 2.75) is 12.5 Å². The Hall–Kier alpha value is -1.58. The summed E-state index contributed by atoms with van der Waals surface area (Å²) in [6.45, 7) is 0.125. The maximum Gasteiger partial charge on any atom is 0.234 e. The minimum absolute atomic E-state index is 0.0605. The molecule has 1 amide bonds. The molecule has 0 saturated carbocycles. The number of carbonyl (C=O) groups excluding carboxylic acids is 1. The van der Waals surface area contributed by atoms with Crippen LogP contribution in [0.5, 0.6) is 5.75 Å². The van der Waals surface area contributed by atoms with E-state index in [1.54, 1.807) is 12.1 Å². The molecule has 1 unspecified atom stereocenters. The number of ether oxygens (including phenoxy) is 1. The molecule has 18 heavy (non-hydrogen) atoms. The number of amides is 1. The van der Waals surface area contributed by atoms with Gasteiger partial charge in [-0.2, -0.15) is 5.26 Å². The van der Waals surface area contributed by atoms with E-state index in [2.05, 4.69) is 21.2 Å². The third kappa shape index (κ3) is 5.17. The first-order valence-corrected chi connectivity index (χ1v) is 6.12. The summed E-state index contributed by atoms with van der Waals surface area (Å²) < 4.78 is 6.17. The van der Waals surface area contributed by atoms with Gasteiger partial charge in [0, 0.05) is 6.54 Å². The van der Waals surface area contributed by atoms with Gasteiger partial charge in [0.15, 0.2) is 0 Å². The molecule has 0 aromatic heterocycles. The van der Waals surface area contributed by atoms with Gasteiger partial charge in [0.05, 0.1) is 10.5 Å². The zero-order valence-corrected chi connectivity index (χ0v) is 11.2. The Labute approximate surface area is 114 Å². The van der Waals surface area contributed by atoms with Crippen LogP contribution in [0.25, 0.3) is 0 Å². The van der Waals surface area contributed by atoms with Crippen molar-refractivity contribution in [1.29, 1.82) is 5.26 Å². The molecule has 5 nitrogen and oxygen atoms in total. The summed E-state index contributed by atoms with van der Waals surface area (Å²) in [6.07, 6.45) is -1.03. The minimum atomic E-state index is -0.820. The fourth-order valence-electron chi connectivity index (χ4n) is 1.17. The predicted molar refractivity (Wildman–Crippen MR) is 68.9 cm³/mol. The number of nitrogens with one attached hydrogen (secondary N) is 1. The highest BCUT2D eigenvalue weighted by molar-refractivity contribution is 9.10. The van der Waals surface area contributed by atoms with Gasteiger partial charge in [0.25, 0.3) is 0 Å². The highest BCUT2D eigenvalue weighted by atomic mass is 79.9. The normalized spacial score (nSPS) is 11.4. The Morgan fingerprint density at radius 3 is 2.94 bits per heavy atom. The van der Waals surface area contributed by atoms with Crippen LogP contribution in [0.3, 0.4) is 0 Å². The number of aliphatic hydroxyl groups excluding tert-OH is 1. The summed E-state index contributed by atoms with van der Waals surface area (Å²) in [5.74, 6) is 0.220. The molecule has 0 aliphatic heterocycles. The lowest BCUT2D eigenvalue weighted by Crippen LogP contribution is -2.35. The van der Waals surface area contributed by atoms with Crippen molar-refractivity contribution in [2.24, 2.45) is 0 Å². The molecule has 1 rings (SSSR count). The number of aliphatic hydroxyl groups is 1. The SMILES string of the molecule is N#CCC(=O)NCC(O)COc1ccccc1Br. The number of halogens is 1. The fourth-order valence-corrected chi connectivity index (χ4v) is 1.57. The third-order valence-corrected chi connectivity index (χ3v) is 2.70. The molecule has 0 aliphatic rings. The van der Waals surface area contributed by atoms with E-state index >= 15 is 0 Å². The molecule has 1 aromatic rings. The molecule has 0 radical (unpaired) electrons. The summed E-state index contributed by atoms with van der Waals surface area (Å²) in [5, 5.41) is 20.3. The van der Waals surface area contributed by atoms with Crippen LogP contribution in [0.1, 0.15) is 6.42 Å². The van der Waals surface area contributed by atoms with Crippen molar-refractivity contribution in [2.75, 3.05) is 13.2 Å². The largest absolute Gasteiger partial charge is 0.490 e. The van der Waals surface area contributed by atoms with Gasteiger partial charge in [-0.25, -0.2) is 0 Å². The van der Waals surface area contributed by atoms with E-state index in [4.69, 9.17) is 10.00 Å². The van der Waals surface area contributed by atoms with Crippen molar-refractivity contribution < 1.29 is 14.6 Å². The zero-order valence-electron chi connectivity index (χ0n) is 9.60. The fraction of sp³-hybridized carbons (Fsp3) is 0.333. The van der Waals surface area contributed by atoms with Gasteiger partial charge < -0.3 is 15.2 Å². The Morgan fingerprint density at radius 1 is 1.56 bits per heavy atom. The number of nitriles is 1. The number of hydrogen-bond donors (Lipinski definition) is 2. The van der Waals surface area contributed by atoms with Gasteiger partial charge in [-0.05, 0) is 28.1 Å². The van der Waals surface area contributed by atoms with E-state index in [0.717, 1.165) is 4.47 Å². The maximum atomic E-state index is 11.0. The van der Waals surface area contributed by atoms with E-state index < -0.39 is 12.0 Å². The van der Waals surface area contributed by atoms with Gasteiger partial charge in [-0.1, -0.05) is 12.1 Å². The monoisotopic (exact) mass is 312 g/mol. The van der Waals surface area contributed by atoms with Crippen LogP contribution in [0, 0.1) is 11.3 Å². The molecular formula is C12H13BrN2O3. The van der Waals surface area contributed by atoms with Crippen molar-refractivity contribution in [3.05, 3.63) is 28.7 Å². The lowest BCUT2D eigenvalue weighted by molar-refractivity contribution is -0.120. The molecule has 1 atom stereocenters. The molecule has 0 spiro atoms. The molecule has 6 heteroatoms. The summed E-state index contributed by atoms with van der Waals surface area (Å²) in [4.78, 5) is 11.0. The molecular weight excluding hydrogens is 300 g/mol. The Balaban J connectivity index is 2.29. The van der Waals surface area contributed by atoms with Crippen LogP contribution in [0.15, 0.2) is 28.7 Å². The standard InChI is InChI=1S/C12H13BrN2O3/c13-10-3-1-2-4-11(10)18-8-9(16)7-15-12(17)5-6-14/h1-4,9,16H,5,7-8H2,(H,15,17). The van der Waals surface area contributed by atoms with Gasteiger partial charge in [0.1, 0.15) is 24.9 Å². The summed E-state index contributed by atoms with van der Waals surface area (Å²) in [5.41, 5.74) is 0. The van der Waals surface area contributed by atoms with Crippen LogP contribution in [0.4, 0.5) is 0 Å². The van der Waals surface area contributed by atoms with Crippen LogP contribution in [-0.2, 0) is 4.79 Å². The van der Waals surface area contributed by atoms with Gasteiger partial charge in [-0.15, -0.1) is 0 Å².